The molecule has 0 N–H and O–H groups in total. The van der Waals surface area contributed by atoms with Crippen molar-refractivity contribution in [1.82, 2.24) is 0 Å². The van der Waals surface area contributed by atoms with Crippen molar-refractivity contribution < 1.29 is 0 Å². The van der Waals surface area contributed by atoms with Crippen LogP contribution in [0.25, 0.3) is 0 Å². The molecule has 1 saturated carbocycles. The average Bonchev–Trinajstić information content (AvgIpc) is 2.41. The predicted octanol–water partition coefficient (Wildman–Crippen LogP) is 2.04. The molecule has 0 aromatic heterocycles. The molecule has 0 aromatic carbocycles. The fourth-order valence-corrected chi connectivity index (χ4v) is 2.61. The van der Waals surface area contributed by atoms with Crippen LogP contribution in [-0.4, -0.2) is 10.5 Å². The molecular formula is C6H10S. The van der Waals surface area contributed by atoms with Gasteiger partial charge in [0, 0.05) is 10.5 Å². The third-order valence-electron chi connectivity index (χ3n) is 1.91. The van der Waals surface area contributed by atoms with Gasteiger partial charge in [0.25, 0.3) is 0 Å². The minimum Gasteiger partial charge on any atom is -0.153 e. The number of hydrogen-bond donors (Lipinski definition) is 0. The van der Waals surface area contributed by atoms with Crippen molar-refractivity contribution in [2.75, 3.05) is 0 Å². The van der Waals surface area contributed by atoms with Crippen molar-refractivity contribution in [2.24, 2.45) is 0 Å². The van der Waals surface area contributed by atoms with Gasteiger partial charge in [0.1, 0.15) is 0 Å². The number of rotatable bonds is 0. The maximum absolute atomic E-state index is 2.20. The highest BCUT2D eigenvalue weighted by Crippen LogP contribution is 2.50. The van der Waals surface area contributed by atoms with Gasteiger partial charge in [-0.3, -0.25) is 0 Å². The van der Waals surface area contributed by atoms with Crippen molar-refractivity contribution in [3.05, 3.63) is 0 Å². The van der Waals surface area contributed by atoms with Crippen LogP contribution in [0.1, 0.15) is 25.7 Å². The highest BCUT2D eigenvalue weighted by atomic mass is 32.2. The second-order valence-electron chi connectivity index (χ2n) is 2.50. The van der Waals surface area contributed by atoms with E-state index in [1.54, 1.807) is 0 Å². The minimum absolute atomic E-state index is 1.12. The number of fused-ring (bicyclic) bond motifs is 1. The van der Waals surface area contributed by atoms with E-state index < -0.39 is 0 Å². The van der Waals surface area contributed by atoms with E-state index in [2.05, 4.69) is 11.8 Å². The Kier molecular flexibility index (Phi) is 0.857. The Bertz CT molecular complexity index is 70.2. The molecule has 2 aliphatic rings. The molecule has 0 spiro atoms. The van der Waals surface area contributed by atoms with E-state index in [0.29, 0.717) is 0 Å². The van der Waals surface area contributed by atoms with E-state index in [0.717, 1.165) is 10.5 Å². The molecule has 2 unspecified atom stereocenters. The molecule has 2 atom stereocenters. The highest BCUT2D eigenvalue weighted by Gasteiger charge is 2.39. The summed E-state index contributed by atoms with van der Waals surface area (Å²) >= 11 is 2.20. The summed E-state index contributed by atoms with van der Waals surface area (Å²) in [6, 6.07) is 0. The van der Waals surface area contributed by atoms with Gasteiger partial charge in [0.05, 0.1) is 0 Å². The Hall–Kier alpha value is 0.350. The second-order valence-corrected chi connectivity index (χ2v) is 3.98. The van der Waals surface area contributed by atoms with Gasteiger partial charge in [-0.1, -0.05) is 12.8 Å². The van der Waals surface area contributed by atoms with Crippen LogP contribution >= 0.6 is 11.8 Å². The van der Waals surface area contributed by atoms with Crippen LogP contribution in [-0.2, 0) is 0 Å². The van der Waals surface area contributed by atoms with Gasteiger partial charge in [-0.15, -0.1) is 0 Å². The summed E-state index contributed by atoms with van der Waals surface area (Å²) < 4.78 is 0. The molecule has 0 radical (unpaired) electrons. The Labute approximate surface area is 48.7 Å². The van der Waals surface area contributed by atoms with E-state index in [1.165, 1.54) is 25.7 Å². The van der Waals surface area contributed by atoms with Gasteiger partial charge in [-0.2, -0.15) is 11.8 Å². The quantitative estimate of drug-likeness (QED) is 0.434. The molecule has 1 aliphatic heterocycles. The van der Waals surface area contributed by atoms with Crippen molar-refractivity contribution in [1.29, 1.82) is 0 Å². The van der Waals surface area contributed by atoms with E-state index >= 15 is 0 Å². The third-order valence-corrected chi connectivity index (χ3v) is 3.43. The molecule has 0 amide bonds. The molecule has 1 saturated heterocycles. The van der Waals surface area contributed by atoms with Gasteiger partial charge in [0.15, 0.2) is 0 Å². The molecule has 0 aromatic rings. The van der Waals surface area contributed by atoms with Crippen molar-refractivity contribution in [3.8, 4) is 0 Å². The molecule has 1 heteroatoms. The highest BCUT2D eigenvalue weighted by molar-refractivity contribution is 8.07. The van der Waals surface area contributed by atoms with Crippen molar-refractivity contribution in [3.63, 3.8) is 0 Å². The monoisotopic (exact) mass is 114 g/mol. The summed E-state index contributed by atoms with van der Waals surface area (Å²) in [5, 5.41) is 2.24. The van der Waals surface area contributed by atoms with Crippen LogP contribution in [0.4, 0.5) is 0 Å². The van der Waals surface area contributed by atoms with Crippen LogP contribution in [0.5, 0.6) is 0 Å². The lowest BCUT2D eigenvalue weighted by molar-refractivity contribution is 0.571. The summed E-state index contributed by atoms with van der Waals surface area (Å²) in [5.41, 5.74) is 0. The average molecular weight is 114 g/mol. The van der Waals surface area contributed by atoms with Gasteiger partial charge >= 0.3 is 0 Å². The molecule has 40 valence electrons. The molecule has 1 heterocycles. The molecular weight excluding hydrogens is 104 g/mol. The molecule has 0 nitrogen and oxygen atoms in total. The van der Waals surface area contributed by atoms with Gasteiger partial charge in [0.2, 0.25) is 0 Å². The van der Waals surface area contributed by atoms with Crippen LogP contribution in [0.3, 0.4) is 0 Å². The van der Waals surface area contributed by atoms with Gasteiger partial charge < -0.3 is 0 Å². The predicted molar refractivity (Wildman–Crippen MR) is 33.6 cm³/mol. The normalized spacial score (nSPS) is 48.0. The zero-order valence-corrected chi connectivity index (χ0v) is 5.21. The van der Waals surface area contributed by atoms with E-state index in [-0.39, 0.29) is 0 Å². The molecule has 0 bridgehead atoms. The number of hydrogen-bond acceptors (Lipinski definition) is 1. The lowest BCUT2D eigenvalue weighted by Gasteiger charge is -2.02. The maximum atomic E-state index is 2.20. The molecule has 2 rings (SSSR count). The van der Waals surface area contributed by atoms with Crippen molar-refractivity contribution >= 4 is 11.8 Å². The van der Waals surface area contributed by atoms with Crippen LogP contribution in [0.15, 0.2) is 0 Å². The van der Waals surface area contributed by atoms with Crippen LogP contribution in [0.2, 0.25) is 0 Å². The summed E-state index contributed by atoms with van der Waals surface area (Å²) in [5.74, 6) is 0. The third kappa shape index (κ3) is 0.674. The molecule has 1 aliphatic carbocycles. The minimum atomic E-state index is 1.12. The van der Waals surface area contributed by atoms with Gasteiger partial charge in [-0.05, 0) is 12.8 Å². The Balaban J connectivity index is 1.95. The van der Waals surface area contributed by atoms with E-state index in [1.807, 2.05) is 0 Å². The first kappa shape index (κ1) is 4.25. The SMILES string of the molecule is C1CCC2SC2C1. The second kappa shape index (κ2) is 1.41. The fraction of sp³-hybridized carbons (Fsp3) is 1.00. The van der Waals surface area contributed by atoms with E-state index in [4.69, 9.17) is 0 Å². The van der Waals surface area contributed by atoms with E-state index in [9.17, 15) is 0 Å². The first-order valence-electron chi connectivity index (χ1n) is 3.12. The Morgan fingerprint density at radius 3 is 2.00 bits per heavy atom. The Morgan fingerprint density at radius 2 is 1.57 bits per heavy atom. The molecule has 7 heavy (non-hydrogen) atoms. The Morgan fingerprint density at radius 1 is 1.00 bits per heavy atom. The fourth-order valence-electron chi connectivity index (χ4n) is 1.38. The largest absolute Gasteiger partial charge is 0.153 e. The summed E-state index contributed by atoms with van der Waals surface area (Å²) in [7, 11) is 0. The summed E-state index contributed by atoms with van der Waals surface area (Å²) in [6.45, 7) is 0. The topological polar surface area (TPSA) is 0 Å². The standard InChI is InChI=1S/C6H10S/c1-2-4-6-5(3-1)7-6/h5-6H,1-4H2. The first-order valence-corrected chi connectivity index (χ1v) is 4.06. The summed E-state index contributed by atoms with van der Waals surface area (Å²) in [4.78, 5) is 0. The van der Waals surface area contributed by atoms with Gasteiger partial charge in [-0.25, -0.2) is 0 Å². The lowest BCUT2D eigenvalue weighted by atomic mass is 10.0. The zero-order chi connectivity index (χ0) is 4.69. The number of thioether (sulfide) groups is 1. The summed E-state index contributed by atoms with van der Waals surface area (Å²) in [6.07, 6.45) is 6.06. The maximum Gasteiger partial charge on any atom is 0.0169 e. The van der Waals surface area contributed by atoms with Crippen LogP contribution in [0, 0.1) is 0 Å². The first-order chi connectivity index (χ1) is 3.47. The zero-order valence-electron chi connectivity index (χ0n) is 4.39. The lowest BCUT2D eigenvalue weighted by Crippen LogP contribution is -2.00. The van der Waals surface area contributed by atoms with Crippen molar-refractivity contribution in [2.45, 2.75) is 36.2 Å². The molecule has 2 fully saturated rings. The van der Waals surface area contributed by atoms with Crippen LogP contribution < -0.4 is 0 Å². The smallest absolute Gasteiger partial charge is 0.0169 e.